The predicted molar refractivity (Wildman–Crippen MR) is 110 cm³/mol. The average molecular weight is 469 g/mol. The highest BCUT2D eigenvalue weighted by molar-refractivity contribution is 9.10. The van der Waals surface area contributed by atoms with E-state index in [9.17, 15) is 13.2 Å². The standard InChI is InChI=1S/C19H21BrN2O5S/c1-26-16-8-5-14(21-19(23)10-7-15-6-9-18(20)27-15)13-17(16)28(24,25)22-11-3-2-4-12-22/h5-10,13H,2-4,11-12H2,1H3,(H,21,23)/b10-7+. The van der Waals surface area contributed by atoms with Crippen LogP contribution in [0.25, 0.3) is 6.08 Å². The zero-order chi connectivity index (χ0) is 20.1. The second-order valence-electron chi connectivity index (χ2n) is 6.29. The zero-order valence-electron chi connectivity index (χ0n) is 15.4. The van der Waals surface area contributed by atoms with Gasteiger partial charge in [0.2, 0.25) is 15.9 Å². The number of nitrogens with one attached hydrogen (secondary N) is 1. The fourth-order valence-corrected chi connectivity index (χ4v) is 4.98. The number of nitrogens with zero attached hydrogens (tertiary/aromatic N) is 1. The molecule has 2 heterocycles. The van der Waals surface area contributed by atoms with Gasteiger partial charge in [-0.1, -0.05) is 6.42 Å². The number of furan rings is 1. The molecule has 1 N–H and O–H groups in total. The molecule has 1 amide bonds. The summed E-state index contributed by atoms with van der Waals surface area (Å²) in [6, 6.07) is 8.00. The van der Waals surface area contributed by atoms with Crippen molar-refractivity contribution in [2.45, 2.75) is 24.2 Å². The number of piperidine rings is 1. The van der Waals surface area contributed by atoms with Crippen LogP contribution in [0.4, 0.5) is 5.69 Å². The zero-order valence-corrected chi connectivity index (χ0v) is 17.8. The Balaban J connectivity index is 1.80. The summed E-state index contributed by atoms with van der Waals surface area (Å²) in [5.74, 6) is 0.365. The van der Waals surface area contributed by atoms with Gasteiger partial charge in [0.25, 0.3) is 0 Å². The number of hydrogen-bond acceptors (Lipinski definition) is 5. The number of carbonyl (C=O) groups excluding carboxylic acids is 1. The van der Waals surface area contributed by atoms with Gasteiger partial charge in [-0.3, -0.25) is 4.79 Å². The average Bonchev–Trinajstić information content (AvgIpc) is 3.12. The third-order valence-corrected chi connectivity index (χ3v) is 6.70. The van der Waals surface area contributed by atoms with Gasteiger partial charge in [0.15, 0.2) is 4.67 Å². The van der Waals surface area contributed by atoms with Crippen molar-refractivity contribution in [3.8, 4) is 5.75 Å². The van der Waals surface area contributed by atoms with E-state index in [-0.39, 0.29) is 10.6 Å². The van der Waals surface area contributed by atoms with Gasteiger partial charge in [-0.05, 0) is 65.2 Å². The lowest BCUT2D eigenvalue weighted by Gasteiger charge is -2.26. The van der Waals surface area contributed by atoms with Crippen LogP contribution in [0.2, 0.25) is 0 Å². The number of halogens is 1. The quantitative estimate of drug-likeness (QED) is 0.649. The summed E-state index contributed by atoms with van der Waals surface area (Å²) in [4.78, 5) is 12.2. The molecule has 7 nitrogen and oxygen atoms in total. The third kappa shape index (κ3) is 4.84. The van der Waals surface area contributed by atoms with Gasteiger partial charge < -0.3 is 14.5 Å². The number of rotatable bonds is 6. The first-order valence-electron chi connectivity index (χ1n) is 8.83. The van der Waals surface area contributed by atoms with Crippen molar-refractivity contribution in [2.24, 2.45) is 0 Å². The van der Waals surface area contributed by atoms with Gasteiger partial charge in [-0.15, -0.1) is 0 Å². The summed E-state index contributed by atoms with van der Waals surface area (Å²) in [7, 11) is -2.27. The van der Waals surface area contributed by atoms with Crippen molar-refractivity contribution < 1.29 is 22.4 Å². The number of benzene rings is 1. The van der Waals surface area contributed by atoms with Crippen molar-refractivity contribution >= 4 is 43.6 Å². The Hall–Kier alpha value is -2.10. The SMILES string of the molecule is COc1ccc(NC(=O)/C=C/c2ccc(Br)o2)cc1S(=O)(=O)N1CCCCC1. The molecule has 0 radical (unpaired) electrons. The summed E-state index contributed by atoms with van der Waals surface area (Å²) in [6.07, 6.45) is 5.54. The molecule has 0 saturated carbocycles. The van der Waals surface area contributed by atoms with Crippen LogP contribution in [-0.4, -0.2) is 38.8 Å². The van der Waals surface area contributed by atoms with Gasteiger partial charge in [-0.2, -0.15) is 4.31 Å². The molecule has 1 aromatic carbocycles. The first-order chi connectivity index (χ1) is 13.4. The Labute approximate surface area is 172 Å². The van der Waals surface area contributed by atoms with Crippen molar-refractivity contribution in [3.05, 3.63) is 46.8 Å². The molecular weight excluding hydrogens is 448 g/mol. The highest BCUT2D eigenvalue weighted by atomic mass is 79.9. The molecule has 0 spiro atoms. The number of methoxy groups -OCH3 is 1. The molecule has 1 aliphatic heterocycles. The molecule has 9 heteroatoms. The monoisotopic (exact) mass is 468 g/mol. The van der Waals surface area contributed by atoms with Gasteiger partial charge in [-0.25, -0.2) is 8.42 Å². The smallest absolute Gasteiger partial charge is 0.248 e. The van der Waals surface area contributed by atoms with Crippen LogP contribution in [0.3, 0.4) is 0 Å². The molecule has 28 heavy (non-hydrogen) atoms. The largest absolute Gasteiger partial charge is 0.495 e. The first-order valence-corrected chi connectivity index (χ1v) is 11.1. The molecule has 0 atom stereocenters. The van der Waals surface area contributed by atoms with E-state index in [4.69, 9.17) is 9.15 Å². The lowest BCUT2D eigenvalue weighted by atomic mass is 10.2. The van der Waals surface area contributed by atoms with E-state index in [1.807, 2.05) is 0 Å². The lowest BCUT2D eigenvalue weighted by Crippen LogP contribution is -2.35. The van der Waals surface area contributed by atoms with Crippen molar-refractivity contribution in [2.75, 3.05) is 25.5 Å². The molecule has 1 aromatic heterocycles. The normalized spacial score (nSPS) is 15.6. The van der Waals surface area contributed by atoms with Crippen LogP contribution in [0.5, 0.6) is 5.75 Å². The highest BCUT2D eigenvalue weighted by Crippen LogP contribution is 2.31. The number of anilines is 1. The Morgan fingerprint density at radius 3 is 2.61 bits per heavy atom. The molecule has 150 valence electrons. The van der Waals surface area contributed by atoms with Crippen LogP contribution in [0, 0.1) is 0 Å². The molecule has 1 fully saturated rings. The predicted octanol–water partition coefficient (Wildman–Crippen LogP) is 3.88. The van der Waals surface area contributed by atoms with Crippen LogP contribution in [0.1, 0.15) is 25.0 Å². The lowest BCUT2D eigenvalue weighted by molar-refractivity contribution is -0.111. The van der Waals surface area contributed by atoms with Crippen LogP contribution >= 0.6 is 15.9 Å². The molecule has 1 saturated heterocycles. The third-order valence-electron chi connectivity index (χ3n) is 4.36. The van der Waals surface area contributed by atoms with Crippen molar-refractivity contribution in [1.29, 1.82) is 0 Å². The Kier molecular flexibility index (Phi) is 6.58. The minimum atomic E-state index is -3.70. The van der Waals surface area contributed by atoms with E-state index < -0.39 is 15.9 Å². The van der Waals surface area contributed by atoms with Crippen LogP contribution in [-0.2, 0) is 14.8 Å². The summed E-state index contributed by atoms with van der Waals surface area (Å²) >= 11 is 3.19. The van der Waals surface area contributed by atoms with E-state index in [0.717, 1.165) is 19.3 Å². The Morgan fingerprint density at radius 1 is 1.21 bits per heavy atom. The summed E-state index contributed by atoms with van der Waals surface area (Å²) < 4.78 is 38.6. The fraction of sp³-hybridized carbons (Fsp3) is 0.316. The number of hydrogen-bond donors (Lipinski definition) is 1. The maximum absolute atomic E-state index is 13.0. The maximum Gasteiger partial charge on any atom is 0.248 e. The summed E-state index contributed by atoms with van der Waals surface area (Å²) in [5.41, 5.74) is 0.367. The fourth-order valence-electron chi connectivity index (χ4n) is 2.96. The van der Waals surface area contributed by atoms with E-state index >= 15 is 0 Å². The molecular formula is C19H21BrN2O5S. The van der Waals surface area contributed by atoms with E-state index in [0.29, 0.717) is 29.2 Å². The minimum Gasteiger partial charge on any atom is -0.495 e. The molecule has 0 bridgehead atoms. The summed E-state index contributed by atoms with van der Waals surface area (Å²) in [5, 5.41) is 2.67. The van der Waals surface area contributed by atoms with Crippen LogP contribution in [0.15, 0.2) is 50.4 Å². The number of carbonyl (C=O) groups is 1. The molecule has 1 aliphatic rings. The first kappa shape index (κ1) is 20.6. The highest BCUT2D eigenvalue weighted by Gasteiger charge is 2.29. The molecule has 2 aromatic rings. The Bertz CT molecular complexity index is 978. The second kappa shape index (κ2) is 8.93. The minimum absolute atomic E-state index is 0.0497. The van der Waals surface area contributed by atoms with Crippen molar-refractivity contribution in [3.63, 3.8) is 0 Å². The van der Waals surface area contributed by atoms with E-state index in [1.54, 1.807) is 24.3 Å². The topological polar surface area (TPSA) is 88.8 Å². The van der Waals surface area contributed by atoms with E-state index in [2.05, 4.69) is 21.2 Å². The molecule has 0 unspecified atom stereocenters. The number of amides is 1. The van der Waals surface area contributed by atoms with E-state index in [1.165, 1.54) is 29.6 Å². The molecule has 3 rings (SSSR count). The van der Waals surface area contributed by atoms with Gasteiger partial charge in [0, 0.05) is 24.9 Å². The maximum atomic E-state index is 13.0. The summed E-state index contributed by atoms with van der Waals surface area (Å²) in [6.45, 7) is 0.979. The second-order valence-corrected chi connectivity index (χ2v) is 8.98. The van der Waals surface area contributed by atoms with Crippen molar-refractivity contribution in [1.82, 2.24) is 4.31 Å². The molecule has 0 aliphatic carbocycles. The van der Waals surface area contributed by atoms with Gasteiger partial charge in [0.05, 0.1) is 7.11 Å². The van der Waals surface area contributed by atoms with Crippen LogP contribution < -0.4 is 10.1 Å². The van der Waals surface area contributed by atoms with Gasteiger partial charge in [0.1, 0.15) is 16.4 Å². The Morgan fingerprint density at radius 2 is 1.96 bits per heavy atom. The number of ether oxygens (including phenoxy) is 1. The number of sulfonamides is 1. The van der Waals surface area contributed by atoms with Gasteiger partial charge >= 0.3 is 0 Å².